The van der Waals surface area contributed by atoms with Crippen LogP contribution in [0.25, 0.3) is 0 Å². The molecule has 0 aliphatic heterocycles. The lowest BCUT2D eigenvalue weighted by Crippen LogP contribution is -2.56. The molecule has 1 rings (SSSR count). The Morgan fingerprint density at radius 2 is 1.03 bits per heavy atom. The molecule has 0 aromatic carbocycles. The van der Waals surface area contributed by atoms with Gasteiger partial charge in [-0.2, -0.15) is 0 Å². The zero-order valence-electron chi connectivity index (χ0n) is 16.1. The van der Waals surface area contributed by atoms with Crippen LogP contribution in [0.4, 0.5) is 0 Å². The van der Waals surface area contributed by atoms with E-state index in [1.165, 1.54) is 6.92 Å². The van der Waals surface area contributed by atoms with Gasteiger partial charge in [0.25, 0.3) is 0 Å². The Morgan fingerprint density at radius 3 is 1.31 bits per heavy atom. The predicted octanol–water partition coefficient (Wildman–Crippen LogP) is -3.09. The summed E-state index contributed by atoms with van der Waals surface area (Å²) in [6, 6.07) is 0. The summed E-state index contributed by atoms with van der Waals surface area (Å²) in [4.78, 5) is 71.3. The summed E-state index contributed by atoms with van der Waals surface area (Å²) < 4.78 is 2.41. The quantitative estimate of drug-likeness (QED) is 0.330. The van der Waals surface area contributed by atoms with E-state index >= 15 is 0 Å². The van der Waals surface area contributed by atoms with Crippen LogP contribution in [-0.4, -0.2) is 51.1 Å². The van der Waals surface area contributed by atoms with Crippen LogP contribution >= 0.6 is 0 Å². The van der Waals surface area contributed by atoms with Gasteiger partial charge >= 0.3 is 17.1 Å². The maximum atomic E-state index is 12.6. The SMILES string of the molecule is C=CC(=O)NCCn1c(=O)n(CCNC(C)=O)c(=O)n(CCNC(=O)C=C)c1=O. The van der Waals surface area contributed by atoms with Gasteiger partial charge in [0, 0.05) is 46.2 Å². The van der Waals surface area contributed by atoms with Crippen LogP contribution in [0.15, 0.2) is 39.7 Å². The van der Waals surface area contributed by atoms with Gasteiger partial charge in [-0.25, -0.2) is 28.1 Å². The first-order valence-electron chi connectivity index (χ1n) is 8.72. The number of amides is 3. The number of nitrogens with zero attached hydrogens (tertiary/aromatic N) is 3. The molecule has 158 valence electrons. The third-order valence-corrected chi connectivity index (χ3v) is 3.73. The largest absolute Gasteiger partial charge is 0.355 e. The average molecular weight is 408 g/mol. The van der Waals surface area contributed by atoms with Crippen LogP contribution in [0.2, 0.25) is 0 Å². The van der Waals surface area contributed by atoms with Crippen molar-refractivity contribution >= 4 is 17.7 Å². The van der Waals surface area contributed by atoms with Crippen molar-refractivity contribution in [2.45, 2.75) is 26.6 Å². The van der Waals surface area contributed by atoms with Crippen LogP contribution in [0.3, 0.4) is 0 Å². The highest BCUT2D eigenvalue weighted by molar-refractivity contribution is 5.87. The second kappa shape index (κ2) is 11.2. The fourth-order valence-electron chi connectivity index (χ4n) is 2.33. The normalized spacial score (nSPS) is 10.1. The van der Waals surface area contributed by atoms with Gasteiger partial charge in [0.15, 0.2) is 0 Å². The minimum absolute atomic E-state index is 0.00306. The maximum Gasteiger partial charge on any atom is 0.336 e. The van der Waals surface area contributed by atoms with Crippen LogP contribution in [0.5, 0.6) is 0 Å². The highest BCUT2D eigenvalue weighted by Gasteiger charge is 2.15. The summed E-state index contributed by atoms with van der Waals surface area (Å²) in [5.41, 5.74) is -2.62. The lowest BCUT2D eigenvalue weighted by molar-refractivity contribution is -0.119. The third kappa shape index (κ3) is 6.75. The summed E-state index contributed by atoms with van der Waals surface area (Å²) >= 11 is 0. The summed E-state index contributed by atoms with van der Waals surface area (Å²) in [5.74, 6) is -1.31. The molecule has 1 aromatic rings. The highest BCUT2D eigenvalue weighted by atomic mass is 16.2. The molecule has 0 aliphatic carbocycles. The molecule has 0 atom stereocenters. The van der Waals surface area contributed by atoms with Crippen molar-refractivity contribution in [1.29, 1.82) is 0 Å². The molecule has 29 heavy (non-hydrogen) atoms. The van der Waals surface area contributed by atoms with Gasteiger partial charge in [-0.15, -0.1) is 0 Å². The van der Waals surface area contributed by atoms with Crippen molar-refractivity contribution in [3.8, 4) is 0 Å². The molecule has 0 radical (unpaired) electrons. The minimum atomic E-state index is -0.878. The minimum Gasteiger partial charge on any atom is -0.355 e. The van der Waals surface area contributed by atoms with E-state index in [-0.39, 0.29) is 45.2 Å². The monoisotopic (exact) mass is 408 g/mol. The Hall–Kier alpha value is -3.70. The van der Waals surface area contributed by atoms with Crippen molar-refractivity contribution in [2.24, 2.45) is 0 Å². The Labute approximate surface area is 165 Å². The van der Waals surface area contributed by atoms with Crippen LogP contribution in [0, 0.1) is 0 Å². The Kier molecular flexibility index (Phi) is 9.02. The van der Waals surface area contributed by atoms with Crippen LogP contribution in [0.1, 0.15) is 6.92 Å². The molecule has 1 aromatic heterocycles. The van der Waals surface area contributed by atoms with Crippen molar-refractivity contribution in [1.82, 2.24) is 29.7 Å². The van der Waals surface area contributed by atoms with E-state index in [0.717, 1.165) is 25.9 Å². The van der Waals surface area contributed by atoms with Gasteiger partial charge < -0.3 is 16.0 Å². The predicted molar refractivity (Wildman–Crippen MR) is 104 cm³/mol. The second-order valence-corrected chi connectivity index (χ2v) is 5.78. The van der Waals surface area contributed by atoms with E-state index in [4.69, 9.17) is 0 Å². The molecule has 12 nitrogen and oxygen atoms in total. The zero-order valence-corrected chi connectivity index (χ0v) is 16.1. The van der Waals surface area contributed by atoms with Crippen molar-refractivity contribution in [2.75, 3.05) is 19.6 Å². The van der Waals surface area contributed by atoms with Gasteiger partial charge in [-0.1, -0.05) is 13.2 Å². The average Bonchev–Trinajstić information content (AvgIpc) is 2.68. The fourth-order valence-corrected chi connectivity index (χ4v) is 2.33. The number of rotatable bonds is 11. The standard InChI is InChI=1S/C17H24N6O6/c1-4-13(25)19-7-10-22-15(27)21(9-6-18-12(3)24)16(28)23(17(22)29)11-8-20-14(26)5-2/h4-5H,1-2,6-11H2,3H3,(H,18,24)(H,19,25)(H,20,26). The lowest BCUT2D eigenvalue weighted by Gasteiger charge is -2.14. The third-order valence-electron chi connectivity index (χ3n) is 3.73. The first-order chi connectivity index (χ1) is 13.7. The van der Waals surface area contributed by atoms with Gasteiger partial charge in [-0.3, -0.25) is 14.4 Å². The second-order valence-electron chi connectivity index (χ2n) is 5.78. The van der Waals surface area contributed by atoms with Gasteiger partial charge in [0.05, 0.1) is 0 Å². The number of hydrogen-bond donors (Lipinski definition) is 3. The van der Waals surface area contributed by atoms with E-state index in [1.807, 2.05) is 0 Å². The molecule has 1 heterocycles. The number of aromatic nitrogens is 3. The molecule has 0 unspecified atom stereocenters. The van der Waals surface area contributed by atoms with Crippen molar-refractivity contribution in [3.63, 3.8) is 0 Å². The molecule has 0 aliphatic rings. The van der Waals surface area contributed by atoms with Crippen molar-refractivity contribution in [3.05, 3.63) is 56.8 Å². The summed E-state index contributed by atoms with van der Waals surface area (Å²) in [6.45, 7) is 7.27. The zero-order chi connectivity index (χ0) is 22.0. The molecule has 0 saturated carbocycles. The highest BCUT2D eigenvalue weighted by Crippen LogP contribution is 1.79. The summed E-state index contributed by atoms with van der Waals surface area (Å²) in [6.07, 6.45) is 2.08. The van der Waals surface area contributed by atoms with Gasteiger partial charge in [-0.05, 0) is 12.2 Å². The Morgan fingerprint density at radius 1 is 0.724 bits per heavy atom. The number of hydrogen-bond acceptors (Lipinski definition) is 6. The number of carbonyl (C=O) groups excluding carboxylic acids is 3. The molecule has 0 spiro atoms. The van der Waals surface area contributed by atoms with E-state index in [1.54, 1.807) is 0 Å². The summed E-state index contributed by atoms with van der Waals surface area (Å²) in [5, 5.41) is 7.33. The van der Waals surface area contributed by atoms with E-state index < -0.39 is 28.9 Å². The number of carbonyl (C=O) groups is 3. The molecule has 0 saturated heterocycles. The first-order valence-corrected chi connectivity index (χ1v) is 8.72. The molecule has 12 heteroatoms. The van der Waals surface area contributed by atoms with E-state index in [9.17, 15) is 28.8 Å². The van der Waals surface area contributed by atoms with E-state index in [2.05, 4.69) is 29.1 Å². The molecule has 3 N–H and O–H groups in total. The van der Waals surface area contributed by atoms with Gasteiger partial charge in [0.2, 0.25) is 17.7 Å². The maximum absolute atomic E-state index is 12.6. The number of nitrogens with one attached hydrogen (secondary N) is 3. The molecule has 0 fully saturated rings. The van der Waals surface area contributed by atoms with Crippen LogP contribution < -0.4 is 33.0 Å². The first kappa shape index (κ1) is 23.3. The molecular weight excluding hydrogens is 384 g/mol. The van der Waals surface area contributed by atoms with Crippen LogP contribution in [-0.2, 0) is 34.0 Å². The Bertz CT molecular complexity index is 906. The lowest BCUT2D eigenvalue weighted by atomic mass is 10.5. The summed E-state index contributed by atoms with van der Waals surface area (Å²) in [7, 11) is 0. The topological polar surface area (TPSA) is 153 Å². The molecular formula is C17H24N6O6. The Balaban J connectivity index is 3.24. The fraction of sp³-hybridized carbons (Fsp3) is 0.412. The van der Waals surface area contributed by atoms with Gasteiger partial charge in [0.1, 0.15) is 0 Å². The molecule has 0 bridgehead atoms. The molecule has 3 amide bonds. The van der Waals surface area contributed by atoms with E-state index in [0.29, 0.717) is 0 Å². The smallest absolute Gasteiger partial charge is 0.336 e. The van der Waals surface area contributed by atoms with Crippen molar-refractivity contribution < 1.29 is 14.4 Å².